The van der Waals surface area contributed by atoms with Crippen LogP contribution in [0.15, 0.2) is 41.7 Å². The van der Waals surface area contributed by atoms with Crippen molar-refractivity contribution in [3.05, 3.63) is 36.7 Å². The standard InChI is InChI=1S/C19H27N7O2/c1-27-16-5-4-15(14-17(16)28-2)24-18(20)21-8-9-25-10-12-26(13-11-25)19-22-6-3-7-23-19/h3-7,14H,8-13H2,1-2H3,(H3,20,21,24). The number of aliphatic imine (C=N–C) groups is 1. The molecule has 0 spiro atoms. The molecule has 0 bridgehead atoms. The highest BCUT2D eigenvalue weighted by Crippen LogP contribution is 2.29. The highest BCUT2D eigenvalue weighted by atomic mass is 16.5. The van der Waals surface area contributed by atoms with E-state index >= 15 is 0 Å². The number of methoxy groups -OCH3 is 2. The number of nitrogens with zero attached hydrogens (tertiary/aromatic N) is 5. The molecular formula is C19H27N7O2. The van der Waals surface area contributed by atoms with Crippen molar-refractivity contribution in [2.75, 3.05) is 63.7 Å². The van der Waals surface area contributed by atoms with Crippen LogP contribution in [0, 0.1) is 0 Å². The Morgan fingerprint density at radius 2 is 1.82 bits per heavy atom. The topological polar surface area (TPSA) is 101 Å². The molecule has 0 unspecified atom stereocenters. The van der Waals surface area contributed by atoms with E-state index in [0.29, 0.717) is 24.0 Å². The van der Waals surface area contributed by atoms with Gasteiger partial charge in [0.2, 0.25) is 5.95 Å². The van der Waals surface area contributed by atoms with Crippen LogP contribution in [0.5, 0.6) is 11.5 Å². The summed E-state index contributed by atoms with van der Waals surface area (Å²) < 4.78 is 10.5. The maximum atomic E-state index is 6.01. The van der Waals surface area contributed by atoms with Crippen molar-refractivity contribution in [1.29, 1.82) is 0 Å². The highest BCUT2D eigenvalue weighted by molar-refractivity contribution is 5.92. The zero-order valence-corrected chi connectivity index (χ0v) is 16.3. The molecular weight excluding hydrogens is 358 g/mol. The van der Waals surface area contributed by atoms with Crippen LogP contribution < -0.4 is 25.4 Å². The first-order valence-corrected chi connectivity index (χ1v) is 9.23. The number of guanidine groups is 1. The largest absolute Gasteiger partial charge is 0.493 e. The summed E-state index contributed by atoms with van der Waals surface area (Å²) in [4.78, 5) is 17.6. The second kappa shape index (κ2) is 9.75. The zero-order chi connectivity index (χ0) is 19.8. The second-order valence-corrected chi connectivity index (χ2v) is 6.34. The summed E-state index contributed by atoms with van der Waals surface area (Å²) in [6.07, 6.45) is 3.55. The van der Waals surface area contributed by atoms with Crippen LogP contribution in [0.2, 0.25) is 0 Å². The van der Waals surface area contributed by atoms with Gasteiger partial charge in [-0.1, -0.05) is 0 Å². The van der Waals surface area contributed by atoms with Gasteiger partial charge in [0, 0.05) is 56.9 Å². The Kier molecular flexibility index (Phi) is 6.85. The molecule has 0 atom stereocenters. The maximum Gasteiger partial charge on any atom is 0.225 e. The van der Waals surface area contributed by atoms with Crippen molar-refractivity contribution >= 4 is 17.6 Å². The lowest BCUT2D eigenvalue weighted by Gasteiger charge is -2.34. The molecule has 9 heteroatoms. The maximum absolute atomic E-state index is 6.01. The lowest BCUT2D eigenvalue weighted by molar-refractivity contribution is 0.264. The molecule has 1 aromatic heterocycles. The highest BCUT2D eigenvalue weighted by Gasteiger charge is 2.18. The van der Waals surface area contributed by atoms with E-state index in [4.69, 9.17) is 15.2 Å². The van der Waals surface area contributed by atoms with Gasteiger partial charge in [-0.05, 0) is 18.2 Å². The molecule has 1 aromatic carbocycles. The third-order valence-corrected chi connectivity index (χ3v) is 4.56. The van der Waals surface area contributed by atoms with Crippen LogP contribution in [0.25, 0.3) is 0 Å². The van der Waals surface area contributed by atoms with Crippen LogP contribution >= 0.6 is 0 Å². The molecule has 0 amide bonds. The van der Waals surface area contributed by atoms with Gasteiger partial charge in [-0.25, -0.2) is 9.97 Å². The van der Waals surface area contributed by atoms with E-state index in [-0.39, 0.29) is 0 Å². The molecule has 1 saturated heterocycles. The third kappa shape index (κ3) is 5.23. The predicted octanol–water partition coefficient (Wildman–Crippen LogP) is 1.04. The number of rotatable bonds is 7. The summed E-state index contributed by atoms with van der Waals surface area (Å²) in [5, 5.41) is 3.08. The first kappa shape index (κ1) is 19.7. The molecule has 0 saturated carbocycles. The van der Waals surface area contributed by atoms with Gasteiger partial charge in [-0.3, -0.25) is 9.89 Å². The van der Waals surface area contributed by atoms with E-state index in [2.05, 4.69) is 30.1 Å². The Morgan fingerprint density at radius 3 is 2.50 bits per heavy atom. The predicted molar refractivity (Wildman–Crippen MR) is 110 cm³/mol. The van der Waals surface area contributed by atoms with E-state index in [0.717, 1.165) is 44.4 Å². The number of benzene rings is 1. The number of piperazine rings is 1. The minimum absolute atomic E-state index is 0.378. The average molecular weight is 385 g/mol. The summed E-state index contributed by atoms with van der Waals surface area (Å²) in [5.74, 6) is 2.48. The number of ether oxygens (including phenoxy) is 2. The van der Waals surface area contributed by atoms with Gasteiger partial charge in [-0.15, -0.1) is 0 Å². The van der Waals surface area contributed by atoms with Crippen LogP contribution in [0.3, 0.4) is 0 Å². The molecule has 0 aliphatic carbocycles. The quantitative estimate of drug-likeness (QED) is 0.539. The van der Waals surface area contributed by atoms with E-state index in [1.54, 1.807) is 26.6 Å². The van der Waals surface area contributed by atoms with Crippen LogP contribution in [0.1, 0.15) is 0 Å². The number of nitrogens with two attached hydrogens (primary N) is 1. The van der Waals surface area contributed by atoms with Crippen molar-refractivity contribution in [2.45, 2.75) is 0 Å². The van der Waals surface area contributed by atoms with Gasteiger partial charge in [0.15, 0.2) is 17.5 Å². The Morgan fingerprint density at radius 1 is 1.11 bits per heavy atom. The Hall–Kier alpha value is -3.07. The Balaban J connectivity index is 1.43. The monoisotopic (exact) mass is 385 g/mol. The number of aromatic nitrogens is 2. The minimum atomic E-state index is 0.378. The number of nitrogens with one attached hydrogen (secondary N) is 1. The SMILES string of the molecule is COc1ccc(NC(N)=NCCN2CCN(c3ncccn3)CC2)cc1OC. The lowest BCUT2D eigenvalue weighted by atomic mass is 10.3. The molecule has 2 heterocycles. The zero-order valence-electron chi connectivity index (χ0n) is 16.3. The molecule has 3 rings (SSSR count). The van der Waals surface area contributed by atoms with Crippen LogP contribution in [0.4, 0.5) is 11.6 Å². The van der Waals surface area contributed by atoms with Crippen LogP contribution in [-0.2, 0) is 0 Å². The summed E-state index contributed by atoms with van der Waals surface area (Å²) in [6, 6.07) is 7.35. The second-order valence-electron chi connectivity index (χ2n) is 6.34. The fourth-order valence-electron chi connectivity index (χ4n) is 3.04. The molecule has 1 fully saturated rings. The van der Waals surface area contributed by atoms with E-state index in [1.165, 1.54) is 0 Å². The summed E-state index contributed by atoms with van der Waals surface area (Å²) in [7, 11) is 3.20. The van der Waals surface area contributed by atoms with Gasteiger partial charge in [-0.2, -0.15) is 0 Å². The smallest absolute Gasteiger partial charge is 0.225 e. The minimum Gasteiger partial charge on any atom is -0.493 e. The normalized spacial score (nSPS) is 15.4. The van der Waals surface area contributed by atoms with Crippen molar-refractivity contribution in [1.82, 2.24) is 14.9 Å². The van der Waals surface area contributed by atoms with E-state index in [9.17, 15) is 0 Å². The van der Waals surface area contributed by atoms with Crippen molar-refractivity contribution < 1.29 is 9.47 Å². The Bertz CT molecular complexity index is 777. The van der Waals surface area contributed by atoms with Gasteiger partial charge >= 0.3 is 0 Å². The summed E-state index contributed by atoms with van der Waals surface area (Å²) in [5.41, 5.74) is 6.81. The Labute approximate surface area is 165 Å². The lowest BCUT2D eigenvalue weighted by Crippen LogP contribution is -2.47. The number of hydrogen-bond donors (Lipinski definition) is 2. The molecule has 2 aromatic rings. The number of anilines is 2. The van der Waals surface area contributed by atoms with Gasteiger partial charge in [0.1, 0.15) is 0 Å². The molecule has 9 nitrogen and oxygen atoms in total. The van der Waals surface area contributed by atoms with E-state index < -0.39 is 0 Å². The molecule has 150 valence electrons. The molecule has 28 heavy (non-hydrogen) atoms. The first-order valence-electron chi connectivity index (χ1n) is 9.23. The fourth-order valence-corrected chi connectivity index (χ4v) is 3.04. The van der Waals surface area contributed by atoms with E-state index in [1.807, 2.05) is 24.3 Å². The summed E-state index contributed by atoms with van der Waals surface area (Å²) >= 11 is 0. The molecule has 0 radical (unpaired) electrons. The molecule has 1 aliphatic rings. The number of hydrogen-bond acceptors (Lipinski definition) is 7. The first-order chi connectivity index (χ1) is 13.7. The van der Waals surface area contributed by atoms with Crippen molar-refractivity contribution in [3.63, 3.8) is 0 Å². The van der Waals surface area contributed by atoms with Crippen molar-refractivity contribution in [3.8, 4) is 11.5 Å². The molecule has 1 aliphatic heterocycles. The summed E-state index contributed by atoms with van der Waals surface area (Å²) in [6.45, 7) is 5.22. The van der Waals surface area contributed by atoms with Crippen LogP contribution in [-0.4, -0.2) is 74.3 Å². The average Bonchev–Trinajstić information content (AvgIpc) is 2.74. The fraction of sp³-hybridized carbons (Fsp3) is 0.421. The van der Waals surface area contributed by atoms with Gasteiger partial charge < -0.3 is 25.4 Å². The third-order valence-electron chi connectivity index (χ3n) is 4.56. The van der Waals surface area contributed by atoms with Crippen molar-refractivity contribution in [2.24, 2.45) is 10.7 Å². The van der Waals surface area contributed by atoms with Gasteiger partial charge in [0.05, 0.1) is 20.8 Å². The molecule has 3 N–H and O–H groups in total. The van der Waals surface area contributed by atoms with Gasteiger partial charge in [0.25, 0.3) is 0 Å².